The van der Waals surface area contributed by atoms with Crippen LogP contribution in [-0.4, -0.2) is 48.5 Å². The molecule has 1 aromatic heterocycles. The molecule has 3 aromatic rings. The van der Waals surface area contributed by atoms with Crippen LogP contribution in [0.3, 0.4) is 0 Å². The zero-order valence-corrected chi connectivity index (χ0v) is 19.2. The van der Waals surface area contributed by atoms with Crippen LogP contribution in [0.2, 0.25) is 0 Å². The lowest BCUT2D eigenvalue weighted by Gasteiger charge is -2.34. The van der Waals surface area contributed by atoms with E-state index in [0.717, 1.165) is 62.4 Å². The average Bonchev–Trinajstić information content (AvgIpc) is 3.37. The van der Waals surface area contributed by atoms with E-state index in [0.29, 0.717) is 12.5 Å². The molecule has 33 heavy (non-hydrogen) atoms. The lowest BCUT2D eigenvalue weighted by Crippen LogP contribution is -2.43. The monoisotopic (exact) mass is 447 g/mol. The first-order valence-electron chi connectivity index (χ1n) is 11.7. The Morgan fingerprint density at radius 1 is 1.09 bits per heavy atom. The van der Waals surface area contributed by atoms with Crippen molar-refractivity contribution in [3.63, 3.8) is 0 Å². The van der Waals surface area contributed by atoms with Gasteiger partial charge in [-0.25, -0.2) is 0 Å². The minimum Gasteiger partial charge on any atom is -0.497 e. The van der Waals surface area contributed by atoms with E-state index in [-0.39, 0.29) is 5.91 Å². The predicted molar refractivity (Wildman–Crippen MR) is 132 cm³/mol. The van der Waals surface area contributed by atoms with Crippen LogP contribution in [-0.2, 0) is 17.8 Å². The maximum atomic E-state index is 12.4. The Kier molecular flexibility index (Phi) is 7.98. The van der Waals surface area contributed by atoms with Crippen LogP contribution in [0.5, 0.6) is 5.75 Å². The van der Waals surface area contributed by atoms with Gasteiger partial charge in [-0.3, -0.25) is 9.48 Å². The second kappa shape index (κ2) is 11.5. The van der Waals surface area contributed by atoms with E-state index >= 15 is 0 Å². The largest absolute Gasteiger partial charge is 0.497 e. The van der Waals surface area contributed by atoms with Crippen molar-refractivity contribution in [1.29, 1.82) is 0 Å². The van der Waals surface area contributed by atoms with Gasteiger partial charge in [0.2, 0.25) is 5.91 Å². The van der Waals surface area contributed by atoms with Crippen molar-refractivity contribution in [2.75, 3.05) is 37.0 Å². The van der Waals surface area contributed by atoms with Crippen molar-refractivity contribution in [3.05, 3.63) is 72.6 Å². The molecule has 1 amide bonds. The van der Waals surface area contributed by atoms with Gasteiger partial charge in [-0.2, -0.15) is 5.10 Å². The summed E-state index contributed by atoms with van der Waals surface area (Å²) in [6, 6.07) is 18.3. The fourth-order valence-corrected chi connectivity index (χ4v) is 4.21. The van der Waals surface area contributed by atoms with E-state index in [2.05, 4.69) is 32.8 Å². The first kappa shape index (κ1) is 22.9. The molecule has 2 aromatic carbocycles. The number of amides is 1. The number of hydrogen-bond acceptors (Lipinski definition) is 5. The number of aryl methyl sites for hydroxylation is 1. The number of benzene rings is 2. The third-order valence-corrected chi connectivity index (χ3v) is 6.09. The molecular formula is C26H33N5O2. The zero-order valence-electron chi connectivity index (χ0n) is 19.2. The highest BCUT2D eigenvalue weighted by molar-refractivity contribution is 5.92. The van der Waals surface area contributed by atoms with Crippen LogP contribution in [0.4, 0.5) is 11.4 Å². The minimum atomic E-state index is -0.0210. The Hall–Kier alpha value is -3.32. The number of methoxy groups -OCH3 is 1. The van der Waals surface area contributed by atoms with Crippen molar-refractivity contribution in [3.8, 4) is 5.75 Å². The number of carbonyl (C=O) groups excluding carboxylic acids is 1. The lowest BCUT2D eigenvalue weighted by atomic mass is 10.0. The van der Waals surface area contributed by atoms with E-state index in [1.165, 1.54) is 5.69 Å². The summed E-state index contributed by atoms with van der Waals surface area (Å²) >= 11 is 0. The molecule has 1 fully saturated rings. The van der Waals surface area contributed by atoms with Gasteiger partial charge in [0.25, 0.3) is 0 Å². The van der Waals surface area contributed by atoms with Crippen molar-refractivity contribution in [2.24, 2.45) is 0 Å². The summed E-state index contributed by atoms with van der Waals surface area (Å²) < 4.78 is 7.14. The van der Waals surface area contributed by atoms with Crippen LogP contribution < -0.4 is 20.3 Å². The number of piperidine rings is 1. The minimum absolute atomic E-state index is 0.0210. The third-order valence-electron chi connectivity index (χ3n) is 6.09. The molecule has 7 heteroatoms. The number of carbonyl (C=O) groups is 1. The van der Waals surface area contributed by atoms with Crippen LogP contribution in [0.25, 0.3) is 0 Å². The number of nitrogens with one attached hydrogen (secondary N) is 2. The molecule has 4 rings (SSSR count). The zero-order chi connectivity index (χ0) is 22.9. The molecule has 0 unspecified atom stereocenters. The Balaban J connectivity index is 1.17. The highest BCUT2D eigenvalue weighted by Gasteiger charge is 2.19. The van der Waals surface area contributed by atoms with Crippen molar-refractivity contribution >= 4 is 17.3 Å². The molecule has 2 N–H and O–H groups in total. The number of rotatable bonds is 10. The lowest BCUT2D eigenvalue weighted by molar-refractivity contribution is -0.115. The molecule has 0 spiro atoms. The molecular weight excluding hydrogens is 414 g/mol. The second-order valence-corrected chi connectivity index (χ2v) is 8.46. The Morgan fingerprint density at radius 2 is 1.85 bits per heavy atom. The molecule has 7 nitrogen and oxygen atoms in total. The summed E-state index contributed by atoms with van der Waals surface area (Å²) in [4.78, 5) is 14.8. The van der Waals surface area contributed by atoms with Crippen LogP contribution >= 0.6 is 0 Å². The second-order valence-electron chi connectivity index (χ2n) is 8.46. The van der Waals surface area contributed by atoms with Crippen LogP contribution in [0.15, 0.2) is 67.0 Å². The molecule has 1 aliphatic rings. The van der Waals surface area contributed by atoms with Crippen molar-refractivity contribution < 1.29 is 9.53 Å². The number of anilines is 2. The quantitative estimate of drug-likeness (QED) is 0.464. The first-order valence-corrected chi connectivity index (χ1v) is 11.7. The fourth-order valence-electron chi connectivity index (χ4n) is 4.21. The summed E-state index contributed by atoms with van der Waals surface area (Å²) in [7, 11) is 1.64. The Labute approximate surface area is 195 Å². The first-order chi connectivity index (χ1) is 16.2. The highest BCUT2D eigenvalue weighted by atomic mass is 16.5. The number of ether oxygens (including phenoxy) is 1. The number of nitrogens with zero attached hydrogens (tertiary/aromatic N) is 3. The molecule has 0 bridgehead atoms. The fraction of sp³-hybridized carbons (Fsp3) is 0.385. The van der Waals surface area contributed by atoms with Gasteiger partial charge in [-0.05, 0) is 73.8 Å². The Bertz CT molecular complexity index is 979. The standard InChI is InChI=1S/C26H33N5O2/c1-33-25-10-4-21(5-11-25)20-26(32)29-23-6-8-24(9-7-23)30-18-12-22(13-19-30)27-14-2-16-31-17-3-15-28-31/h3-11,15,17,22,27H,2,12-14,16,18-20H2,1H3,(H,29,32). The topological polar surface area (TPSA) is 71.4 Å². The molecule has 0 saturated carbocycles. The SMILES string of the molecule is COc1ccc(CC(=O)Nc2ccc(N3CCC(NCCCn4cccn4)CC3)cc2)cc1. The number of hydrogen-bond donors (Lipinski definition) is 2. The molecule has 0 radical (unpaired) electrons. The summed E-state index contributed by atoms with van der Waals surface area (Å²) in [5.41, 5.74) is 2.99. The summed E-state index contributed by atoms with van der Waals surface area (Å²) in [5, 5.41) is 10.9. The average molecular weight is 448 g/mol. The molecule has 0 aliphatic carbocycles. The van der Waals surface area contributed by atoms with Gasteiger partial charge in [0.15, 0.2) is 0 Å². The molecule has 174 valence electrons. The predicted octanol–water partition coefficient (Wildman–Crippen LogP) is 3.72. The van der Waals surface area contributed by atoms with Gasteiger partial charge in [0.1, 0.15) is 5.75 Å². The summed E-state index contributed by atoms with van der Waals surface area (Å²) in [5.74, 6) is 0.771. The maximum Gasteiger partial charge on any atom is 0.228 e. The molecule has 0 atom stereocenters. The van der Waals surface area contributed by atoms with Crippen molar-refractivity contribution in [2.45, 2.75) is 38.3 Å². The van der Waals surface area contributed by atoms with Crippen LogP contribution in [0, 0.1) is 0 Å². The van der Waals surface area contributed by atoms with Gasteiger partial charge in [0, 0.05) is 49.4 Å². The summed E-state index contributed by atoms with van der Waals surface area (Å²) in [6.45, 7) is 4.07. The normalized spacial score (nSPS) is 14.3. The van der Waals surface area contributed by atoms with Gasteiger partial charge in [0.05, 0.1) is 13.5 Å². The van der Waals surface area contributed by atoms with E-state index in [1.807, 2.05) is 59.5 Å². The Morgan fingerprint density at radius 3 is 2.52 bits per heavy atom. The van der Waals surface area contributed by atoms with E-state index in [1.54, 1.807) is 7.11 Å². The molecule has 2 heterocycles. The number of aromatic nitrogens is 2. The van der Waals surface area contributed by atoms with Gasteiger partial charge >= 0.3 is 0 Å². The molecule has 1 aliphatic heterocycles. The van der Waals surface area contributed by atoms with Gasteiger partial charge in [-0.15, -0.1) is 0 Å². The smallest absolute Gasteiger partial charge is 0.228 e. The van der Waals surface area contributed by atoms with Crippen LogP contribution in [0.1, 0.15) is 24.8 Å². The summed E-state index contributed by atoms with van der Waals surface area (Å²) in [6.07, 6.45) is 7.55. The van der Waals surface area contributed by atoms with Crippen molar-refractivity contribution in [1.82, 2.24) is 15.1 Å². The third kappa shape index (κ3) is 6.83. The molecule has 1 saturated heterocycles. The van der Waals surface area contributed by atoms with Gasteiger partial charge in [-0.1, -0.05) is 12.1 Å². The van der Waals surface area contributed by atoms with Gasteiger partial charge < -0.3 is 20.3 Å². The maximum absolute atomic E-state index is 12.4. The highest BCUT2D eigenvalue weighted by Crippen LogP contribution is 2.22. The van der Waals surface area contributed by atoms with E-state index in [9.17, 15) is 4.79 Å². The van der Waals surface area contributed by atoms with E-state index in [4.69, 9.17) is 4.74 Å². The van der Waals surface area contributed by atoms with E-state index < -0.39 is 0 Å².